The summed E-state index contributed by atoms with van der Waals surface area (Å²) >= 11 is 0. The molecule has 3 fully saturated rings. The van der Waals surface area contributed by atoms with E-state index >= 15 is 0 Å². The van der Waals surface area contributed by atoms with Gasteiger partial charge in [-0.05, 0) is 67.1 Å². The van der Waals surface area contributed by atoms with Gasteiger partial charge in [0.05, 0.1) is 12.7 Å². The first-order chi connectivity index (χ1) is 10.1. The van der Waals surface area contributed by atoms with Crippen molar-refractivity contribution < 1.29 is 14.2 Å². The Balaban J connectivity index is 1.56. The minimum absolute atomic E-state index is 0.273. The van der Waals surface area contributed by atoms with Gasteiger partial charge in [0.25, 0.3) is 0 Å². The highest BCUT2D eigenvalue weighted by Crippen LogP contribution is 2.62. The highest BCUT2D eigenvalue weighted by molar-refractivity contribution is 5.31. The Labute approximate surface area is 125 Å². The highest BCUT2D eigenvalue weighted by atomic mass is 19.1. The maximum absolute atomic E-state index is 13.8. The van der Waals surface area contributed by atoms with Crippen LogP contribution in [0.4, 0.5) is 4.39 Å². The van der Waals surface area contributed by atoms with E-state index in [-0.39, 0.29) is 11.6 Å². The van der Waals surface area contributed by atoms with Crippen LogP contribution in [0.5, 0.6) is 5.75 Å². The Kier molecular flexibility index (Phi) is 3.04. The molecule has 3 aliphatic rings. The van der Waals surface area contributed by atoms with Crippen LogP contribution in [0, 0.1) is 29.5 Å². The van der Waals surface area contributed by atoms with Crippen LogP contribution in [-0.4, -0.2) is 17.8 Å². The normalized spacial score (nSPS) is 40.5. The quantitative estimate of drug-likeness (QED) is 0.922. The maximum Gasteiger partial charge on any atom is 0.165 e. The Hall–Kier alpha value is -1.09. The largest absolute Gasteiger partial charge is 0.494 e. The van der Waals surface area contributed by atoms with Gasteiger partial charge in [0.2, 0.25) is 0 Å². The number of aliphatic hydroxyl groups is 1. The van der Waals surface area contributed by atoms with Gasteiger partial charge < -0.3 is 9.84 Å². The van der Waals surface area contributed by atoms with Crippen molar-refractivity contribution in [3.8, 4) is 5.75 Å². The summed E-state index contributed by atoms with van der Waals surface area (Å²) in [5.41, 5.74) is 0.273. The fourth-order valence-electron chi connectivity index (χ4n) is 5.61. The molecule has 0 amide bonds. The summed E-state index contributed by atoms with van der Waals surface area (Å²) in [4.78, 5) is 0. The number of hydrogen-bond acceptors (Lipinski definition) is 2. The Bertz CT molecular complexity index is 558. The summed E-state index contributed by atoms with van der Waals surface area (Å²) in [6.45, 7) is 0. The molecule has 5 unspecified atom stereocenters. The summed E-state index contributed by atoms with van der Waals surface area (Å²) < 4.78 is 18.8. The van der Waals surface area contributed by atoms with E-state index in [2.05, 4.69) is 0 Å². The first kappa shape index (κ1) is 13.6. The molecule has 1 N–H and O–H groups in total. The summed E-state index contributed by atoms with van der Waals surface area (Å²) in [6, 6.07) is 5.08. The molecule has 0 spiro atoms. The second-order valence-electron chi connectivity index (χ2n) is 7.31. The molecule has 2 nitrogen and oxygen atoms in total. The molecule has 21 heavy (non-hydrogen) atoms. The van der Waals surface area contributed by atoms with E-state index in [1.807, 2.05) is 6.07 Å². The van der Waals surface area contributed by atoms with Gasteiger partial charge in [-0.1, -0.05) is 12.5 Å². The molecule has 2 bridgehead atoms. The number of fused-ring (bicyclic) bond motifs is 5. The maximum atomic E-state index is 13.8. The van der Waals surface area contributed by atoms with E-state index in [0.29, 0.717) is 18.3 Å². The van der Waals surface area contributed by atoms with Crippen molar-refractivity contribution in [2.45, 2.75) is 44.1 Å². The molecule has 3 aliphatic carbocycles. The topological polar surface area (TPSA) is 29.5 Å². The molecule has 0 heterocycles. The zero-order valence-corrected chi connectivity index (χ0v) is 12.5. The molecule has 0 aliphatic heterocycles. The van der Waals surface area contributed by atoms with Crippen LogP contribution in [0.3, 0.4) is 0 Å². The summed E-state index contributed by atoms with van der Waals surface area (Å²) in [5.74, 6) is 2.66. The molecule has 3 heteroatoms. The molecule has 1 aromatic rings. The molecule has 0 aromatic heterocycles. The second-order valence-corrected chi connectivity index (χ2v) is 7.31. The van der Waals surface area contributed by atoms with Gasteiger partial charge in [0.15, 0.2) is 11.6 Å². The van der Waals surface area contributed by atoms with Crippen molar-refractivity contribution in [1.29, 1.82) is 0 Å². The number of halogens is 1. The second kappa shape index (κ2) is 4.70. The van der Waals surface area contributed by atoms with Crippen molar-refractivity contribution in [2.75, 3.05) is 7.11 Å². The van der Waals surface area contributed by atoms with Crippen molar-refractivity contribution in [3.63, 3.8) is 0 Å². The van der Waals surface area contributed by atoms with Gasteiger partial charge in [-0.25, -0.2) is 4.39 Å². The third kappa shape index (κ3) is 2.01. The van der Waals surface area contributed by atoms with Gasteiger partial charge in [0.1, 0.15) is 0 Å². The van der Waals surface area contributed by atoms with Crippen LogP contribution in [0.1, 0.15) is 37.7 Å². The smallest absolute Gasteiger partial charge is 0.165 e. The van der Waals surface area contributed by atoms with Crippen molar-refractivity contribution >= 4 is 0 Å². The van der Waals surface area contributed by atoms with Gasteiger partial charge in [0, 0.05) is 6.42 Å². The van der Waals surface area contributed by atoms with E-state index in [1.165, 1.54) is 38.9 Å². The van der Waals surface area contributed by atoms with Crippen LogP contribution >= 0.6 is 0 Å². The first-order valence-electron chi connectivity index (χ1n) is 8.15. The van der Waals surface area contributed by atoms with Gasteiger partial charge in [-0.2, -0.15) is 0 Å². The molecule has 0 radical (unpaired) electrons. The number of rotatable bonds is 3. The summed E-state index contributed by atoms with van der Waals surface area (Å²) in [6.07, 6.45) is 6.65. The first-order valence-corrected chi connectivity index (χ1v) is 8.15. The average molecular weight is 290 g/mol. The van der Waals surface area contributed by atoms with Gasteiger partial charge in [-0.15, -0.1) is 0 Å². The average Bonchev–Trinajstić information content (AvgIpc) is 3.09. The molecule has 3 saturated carbocycles. The zero-order chi connectivity index (χ0) is 14.6. The van der Waals surface area contributed by atoms with E-state index in [1.54, 1.807) is 6.07 Å². The van der Waals surface area contributed by atoms with Crippen LogP contribution in [0.25, 0.3) is 0 Å². The standard InChI is InChI=1S/C18H23FO2/c1-21-17-6-5-11(7-16(17)19)9-18(20)10-12-8-15(18)14-4-2-3-13(12)14/h5-7,12-15,20H,2-4,8-10H2,1H3. The molecule has 4 rings (SSSR count). The number of methoxy groups -OCH3 is 1. The van der Waals surface area contributed by atoms with E-state index in [9.17, 15) is 9.50 Å². The predicted octanol–water partition coefficient (Wildman–Crippen LogP) is 3.56. The van der Waals surface area contributed by atoms with Gasteiger partial charge >= 0.3 is 0 Å². The van der Waals surface area contributed by atoms with Crippen LogP contribution < -0.4 is 4.74 Å². The van der Waals surface area contributed by atoms with Crippen molar-refractivity contribution in [3.05, 3.63) is 29.6 Å². The molecular formula is C18H23FO2. The Morgan fingerprint density at radius 3 is 2.90 bits per heavy atom. The molecule has 0 saturated heterocycles. The van der Waals surface area contributed by atoms with Crippen LogP contribution in [-0.2, 0) is 6.42 Å². The lowest BCUT2D eigenvalue weighted by atomic mass is 9.71. The summed E-state index contributed by atoms with van der Waals surface area (Å²) in [5, 5.41) is 11.1. The third-order valence-electron chi connectivity index (χ3n) is 6.34. The molecule has 114 valence electrons. The zero-order valence-electron chi connectivity index (χ0n) is 12.5. The third-order valence-corrected chi connectivity index (χ3v) is 6.34. The van der Waals surface area contributed by atoms with Crippen LogP contribution in [0.2, 0.25) is 0 Å². The molecule has 5 atom stereocenters. The fourth-order valence-corrected chi connectivity index (χ4v) is 5.61. The molecule has 1 aromatic carbocycles. The Morgan fingerprint density at radius 2 is 2.14 bits per heavy atom. The minimum Gasteiger partial charge on any atom is -0.494 e. The Morgan fingerprint density at radius 1 is 1.33 bits per heavy atom. The van der Waals surface area contributed by atoms with Crippen LogP contribution in [0.15, 0.2) is 18.2 Å². The monoisotopic (exact) mass is 290 g/mol. The predicted molar refractivity (Wildman–Crippen MR) is 78.7 cm³/mol. The highest BCUT2D eigenvalue weighted by Gasteiger charge is 2.60. The van der Waals surface area contributed by atoms with E-state index in [0.717, 1.165) is 23.8 Å². The van der Waals surface area contributed by atoms with Gasteiger partial charge in [-0.3, -0.25) is 0 Å². The fraction of sp³-hybridized carbons (Fsp3) is 0.667. The van der Waals surface area contributed by atoms with Crippen molar-refractivity contribution in [1.82, 2.24) is 0 Å². The SMILES string of the molecule is COc1ccc(CC2(O)CC3CC2C2CCCC32)cc1F. The summed E-state index contributed by atoms with van der Waals surface area (Å²) in [7, 11) is 1.47. The number of ether oxygens (including phenoxy) is 1. The lowest BCUT2D eigenvalue weighted by Crippen LogP contribution is -2.43. The number of benzene rings is 1. The van der Waals surface area contributed by atoms with Crippen molar-refractivity contribution in [2.24, 2.45) is 23.7 Å². The molecular weight excluding hydrogens is 267 g/mol. The number of hydrogen-bond donors (Lipinski definition) is 1. The lowest BCUT2D eigenvalue weighted by molar-refractivity contribution is -0.0450. The lowest BCUT2D eigenvalue weighted by Gasteiger charge is -2.39. The van der Waals surface area contributed by atoms with E-state index < -0.39 is 5.60 Å². The van der Waals surface area contributed by atoms with E-state index in [4.69, 9.17) is 4.74 Å². The minimum atomic E-state index is -0.614.